The predicted octanol–water partition coefficient (Wildman–Crippen LogP) is 4.36. The first-order chi connectivity index (χ1) is 14.1. The average molecular weight is 394 g/mol. The van der Waals surface area contributed by atoms with Gasteiger partial charge in [-0.25, -0.2) is 4.98 Å². The van der Waals surface area contributed by atoms with Gasteiger partial charge in [0, 0.05) is 36.9 Å². The van der Waals surface area contributed by atoms with Crippen LogP contribution in [0.5, 0.6) is 5.75 Å². The van der Waals surface area contributed by atoms with Crippen molar-refractivity contribution in [2.75, 3.05) is 20.2 Å². The second kappa shape index (κ2) is 7.19. The Kier molecular flexibility index (Phi) is 4.64. The van der Waals surface area contributed by atoms with Crippen molar-refractivity contribution < 1.29 is 9.53 Å². The van der Waals surface area contributed by atoms with Gasteiger partial charge in [0.2, 0.25) is 5.91 Å². The maximum absolute atomic E-state index is 13.4. The van der Waals surface area contributed by atoms with E-state index in [1.54, 1.807) is 7.11 Å². The Morgan fingerprint density at radius 2 is 1.79 bits per heavy atom. The van der Waals surface area contributed by atoms with Gasteiger partial charge in [0.1, 0.15) is 11.6 Å². The lowest BCUT2D eigenvalue weighted by molar-refractivity contribution is -0.135. The van der Waals surface area contributed by atoms with Crippen LogP contribution in [-0.2, 0) is 10.2 Å². The molecular weight excluding hydrogens is 362 g/mol. The number of amides is 1. The average Bonchev–Trinajstić information content (AvgIpc) is 3.45. The van der Waals surface area contributed by atoms with Crippen molar-refractivity contribution in [3.8, 4) is 5.75 Å². The highest BCUT2D eigenvalue weighted by Crippen LogP contribution is 2.50. The van der Waals surface area contributed by atoms with Crippen LogP contribution in [0.2, 0.25) is 0 Å². The highest BCUT2D eigenvalue weighted by atomic mass is 16.5. The monoisotopic (exact) mass is 393 g/mol. The first-order valence-corrected chi connectivity index (χ1v) is 11.1. The molecule has 0 bridgehead atoms. The highest BCUT2D eigenvalue weighted by Gasteiger charge is 2.53. The van der Waals surface area contributed by atoms with Crippen LogP contribution in [0.3, 0.4) is 0 Å². The molecule has 5 rings (SSSR count). The number of nitrogens with zero attached hydrogens (tertiary/aromatic N) is 3. The van der Waals surface area contributed by atoms with Crippen molar-refractivity contribution in [2.45, 2.75) is 69.2 Å². The van der Waals surface area contributed by atoms with Gasteiger partial charge in [0.05, 0.1) is 12.5 Å². The number of benzene rings is 1. The van der Waals surface area contributed by atoms with Gasteiger partial charge in [-0.15, -0.1) is 0 Å². The number of aryl methyl sites for hydroxylation is 1. The molecule has 3 aliphatic rings. The number of hydrogen-bond donors (Lipinski definition) is 0. The Bertz CT molecular complexity index is 885. The molecule has 2 aliphatic carbocycles. The molecular formula is C24H31N3O2. The number of carbonyl (C=O) groups excluding carboxylic acids is 1. The summed E-state index contributed by atoms with van der Waals surface area (Å²) in [5.41, 5.74) is 2.12. The van der Waals surface area contributed by atoms with Crippen molar-refractivity contribution in [1.29, 1.82) is 0 Å². The second-order valence-corrected chi connectivity index (χ2v) is 9.09. The number of rotatable bonds is 5. The third kappa shape index (κ3) is 3.15. The summed E-state index contributed by atoms with van der Waals surface area (Å²) in [6.45, 7) is 3.88. The Labute approximate surface area is 173 Å². The fourth-order valence-corrected chi connectivity index (χ4v) is 5.20. The third-order valence-corrected chi connectivity index (χ3v) is 7.40. The lowest BCUT2D eigenvalue weighted by Gasteiger charge is -2.37. The van der Waals surface area contributed by atoms with Gasteiger partial charge in [-0.3, -0.25) is 4.79 Å². The number of imidazole rings is 1. The van der Waals surface area contributed by atoms with E-state index in [9.17, 15) is 4.79 Å². The second-order valence-electron chi connectivity index (χ2n) is 9.09. The van der Waals surface area contributed by atoms with Crippen LogP contribution in [0.4, 0.5) is 0 Å². The lowest BCUT2D eigenvalue weighted by atomic mass is 9.84. The van der Waals surface area contributed by atoms with Gasteiger partial charge in [0.15, 0.2) is 0 Å². The first-order valence-electron chi connectivity index (χ1n) is 11.1. The van der Waals surface area contributed by atoms with Crippen molar-refractivity contribution in [1.82, 2.24) is 14.5 Å². The van der Waals surface area contributed by atoms with E-state index in [4.69, 9.17) is 9.72 Å². The molecule has 1 amide bonds. The molecule has 2 saturated carbocycles. The number of likely N-dealkylation sites (tertiary alicyclic amines) is 1. The SMILES string of the molecule is COc1ccc(C2(C(=O)N3CCC(n4c(C)cnc4C4CCC4)CC3)CC2)cc1. The highest BCUT2D eigenvalue weighted by molar-refractivity contribution is 5.91. The molecule has 29 heavy (non-hydrogen) atoms. The van der Waals surface area contributed by atoms with Crippen LogP contribution in [-0.4, -0.2) is 40.6 Å². The van der Waals surface area contributed by atoms with E-state index in [0.29, 0.717) is 17.9 Å². The van der Waals surface area contributed by atoms with Gasteiger partial charge in [-0.05, 0) is 63.1 Å². The zero-order chi connectivity index (χ0) is 20.0. The first kappa shape index (κ1) is 18.7. The van der Waals surface area contributed by atoms with E-state index >= 15 is 0 Å². The molecule has 5 nitrogen and oxygen atoms in total. The van der Waals surface area contributed by atoms with Crippen LogP contribution in [0.25, 0.3) is 0 Å². The standard InChI is InChI=1S/C24H31N3O2/c1-17-16-25-22(18-4-3-5-18)27(17)20-10-14-26(15-11-20)23(28)24(12-13-24)19-6-8-21(29-2)9-7-19/h6-9,16,18,20H,3-5,10-15H2,1-2H3. The van der Waals surface area contributed by atoms with E-state index in [2.05, 4.69) is 28.5 Å². The molecule has 1 saturated heterocycles. The van der Waals surface area contributed by atoms with Gasteiger partial charge >= 0.3 is 0 Å². The van der Waals surface area contributed by atoms with Crippen molar-refractivity contribution in [2.24, 2.45) is 0 Å². The zero-order valence-corrected chi connectivity index (χ0v) is 17.6. The van der Waals surface area contributed by atoms with Crippen molar-refractivity contribution in [3.63, 3.8) is 0 Å². The molecule has 0 atom stereocenters. The van der Waals surface area contributed by atoms with Crippen LogP contribution >= 0.6 is 0 Å². The van der Waals surface area contributed by atoms with E-state index in [0.717, 1.165) is 50.1 Å². The van der Waals surface area contributed by atoms with E-state index in [-0.39, 0.29) is 5.41 Å². The molecule has 3 fully saturated rings. The minimum absolute atomic E-state index is 0.291. The molecule has 1 aromatic carbocycles. The normalized spacial score (nSPS) is 21.7. The smallest absolute Gasteiger partial charge is 0.233 e. The van der Waals surface area contributed by atoms with E-state index in [1.165, 1.54) is 30.8 Å². The number of aromatic nitrogens is 2. The van der Waals surface area contributed by atoms with Crippen LogP contribution in [0, 0.1) is 6.92 Å². The van der Waals surface area contributed by atoms with Gasteiger partial charge in [0.25, 0.3) is 0 Å². The van der Waals surface area contributed by atoms with Crippen molar-refractivity contribution in [3.05, 3.63) is 47.5 Å². The van der Waals surface area contributed by atoms with Crippen LogP contribution in [0.15, 0.2) is 30.5 Å². The molecule has 0 radical (unpaired) electrons. The maximum Gasteiger partial charge on any atom is 0.233 e. The molecule has 0 unspecified atom stereocenters. The molecule has 5 heteroatoms. The van der Waals surface area contributed by atoms with E-state index in [1.807, 2.05) is 18.3 Å². The summed E-state index contributed by atoms with van der Waals surface area (Å²) in [5.74, 6) is 3.10. The van der Waals surface area contributed by atoms with E-state index < -0.39 is 0 Å². The largest absolute Gasteiger partial charge is 0.497 e. The number of piperidine rings is 1. The number of ether oxygens (including phenoxy) is 1. The Morgan fingerprint density at radius 1 is 1.10 bits per heavy atom. The molecule has 0 N–H and O–H groups in total. The van der Waals surface area contributed by atoms with Gasteiger partial charge in [-0.1, -0.05) is 18.6 Å². The number of carbonyl (C=O) groups is 1. The number of hydrogen-bond acceptors (Lipinski definition) is 3. The summed E-state index contributed by atoms with van der Waals surface area (Å²) in [7, 11) is 1.68. The molecule has 0 spiro atoms. The summed E-state index contributed by atoms with van der Waals surface area (Å²) in [5, 5.41) is 0. The van der Waals surface area contributed by atoms with Crippen LogP contribution in [0.1, 0.15) is 74.0 Å². The Morgan fingerprint density at radius 3 is 2.34 bits per heavy atom. The van der Waals surface area contributed by atoms with Crippen LogP contribution < -0.4 is 4.74 Å². The summed E-state index contributed by atoms with van der Waals surface area (Å²) in [4.78, 5) is 20.3. The predicted molar refractivity (Wildman–Crippen MR) is 112 cm³/mol. The van der Waals surface area contributed by atoms with Gasteiger partial charge < -0.3 is 14.2 Å². The maximum atomic E-state index is 13.4. The summed E-state index contributed by atoms with van der Waals surface area (Å²) in [6, 6.07) is 8.55. The van der Waals surface area contributed by atoms with Crippen molar-refractivity contribution >= 4 is 5.91 Å². The quantitative estimate of drug-likeness (QED) is 0.758. The molecule has 1 aromatic heterocycles. The summed E-state index contributed by atoms with van der Waals surface area (Å²) in [6.07, 6.45) is 9.90. The summed E-state index contributed by atoms with van der Waals surface area (Å²) < 4.78 is 7.76. The fraction of sp³-hybridized carbons (Fsp3) is 0.583. The third-order valence-electron chi connectivity index (χ3n) is 7.40. The minimum atomic E-state index is -0.291. The van der Waals surface area contributed by atoms with Gasteiger partial charge in [-0.2, -0.15) is 0 Å². The molecule has 2 aromatic rings. The minimum Gasteiger partial charge on any atom is -0.497 e. The topological polar surface area (TPSA) is 47.4 Å². The Balaban J connectivity index is 1.27. The lowest BCUT2D eigenvalue weighted by Crippen LogP contribution is -2.44. The number of methoxy groups -OCH3 is 1. The zero-order valence-electron chi connectivity index (χ0n) is 17.6. The molecule has 2 heterocycles. The fourth-order valence-electron chi connectivity index (χ4n) is 5.20. The summed E-state index contributed by atoms with van der Waals surface area (Å²) >= 11 is 0. The molecule has 154 valence electrons. The Hall–Kier alpha value is -2.30. The molecule has 1 aliphatic heterocycles.